The van der Waals surface area contributed by atoms with Gasteiger partial charge in [-0.1, -0.05) is 11.6 Å². The third kappa shape index (κ3) is 5.37. The van der Waals surface area contributed by atoms with Crippen molar-refractivity contribution in [3.05, 3.63) is 58.9 Å². The Hall–Kier alpha value is -2.74. The van der Waals surface area contributed by atoms with E-state index in [4.69, 9.17) is 21.1 Å². The van der Waals surface area contributed by atoms with Gasteiger partial charge in [0.2, 0.25) is 0 Å². The molecule has 2 aromatic rings. The standard InChI is InChI=1S/C18H15ClF3NO4/c1-9(17(24)23-14-8-7-13(20)15(21)16(14)22)27-18(25)10(2)26-12-5-3-11(19)4-6-12/h3-10H,1-2H3,(H,23,24)/t9-,10-/m1/s1. The van der Waals surface area contributed by atoms with Crippen LogP contribution in [0.2, 0.25) is 5.02 Å². The fourth-order valence-corrected chi connectivity index (χ4v) is 2.07. The van der Waals surface area contributed by atoms with Gasteiger partial charge in [-0.05, 0) is 50.2 Å². The minimum Gasteiger partial charge on any atom is -0.479 e. The van der Waals surface area contributed by atoms with Crippen molar-refractivity contribution in [2.24, 2.45) is 0 Å². The van der Waals surface area contributed by atoms with Crippen molar-refractivity contribution in [2.75, 3.05) is 5.32 Å². The molecule has 0 heterocycles. The van der Waals surface area contributed by atoms with Crippen LogP contribution < -0.4 is 10.1 Å². The molecule has 2 rings (SSSR count). The van der Waals surface area contributed by atoms with Crippen molar-refractivity contribution >= 4 is 29.2 Å². The van der Waals surface area contributed by atoms with Crippen LogP contribution in [0.3, 0.4) is 0 Å². The second-order valence-corrected chi connectivity index (χ2v) is 5.94. The molecule has 1 amide bonds. The molecule has 0 saturated heterocycles. The first-order valence-electron chi connectivity index (χ1n) is 7.76. The van der Waals surface area contributed by atoms with Gasteiger partial charge in [-0.25, -0.2) is 18.0 Å². The van der Waals surface area contributed by atoms with Crippen molar-refractivity contribution < 1.29 is 32.2 Å². The molecule has 0 unspecified atom stereocenters. The average Bonchev–Trinajstić information content (AvgIpc) is 2.63. The number of halogens is 4. The Balaban J connectivity index is 1.94. The molecule has 1 N–H and O–H groups in total. The molecule has 0 bridgehead atoms. The lowest BCUT2D eigenvalue weighted by molar-refractivity contribution is -0.159. The molecule has 0 aliphatic rings. The average molecular weight is 402 g/mol. The zero-order chi connectivity index (χ0) is 20.1. The third-order valence-electron chi connectivity index (χ3n) is 3.41. The van der Waals surface area contributed by atoms with E-state index in [1.54, 1.807) is 24.3 Å². The molecule has 2 atom stereocenters. The zero-order valence-electron chi connectivity index (χ0n) is 14.3. The van der Waals surface area contributed by atoms with E-state index in [2.05, 4.69) is 0 Å². The first kappa shape index (κ1) is 20.6. The van der Waals surface area contributed by atoms with Crippen molar-refractivity contribution in [2.45, 2.75) is 26.1 Å². The summed E-state index contributed by atoms with van der Waals surface area (Å²) in [5.41, 5.74) is -0.577. The lowest BCUT2D eigenvalue weighted by atomic mass is 10.2. The molecule has 27 heavy (non-hydrogen) atoms. The molecule has 0 aromatic heterocycles. The highest BCUT2D eigenvalue weighted by Gasteiger charge is 2.24. The number of anilines is 1. The van der Waals surface area contributed by atoms with Gasteiger partial charge in [-0.2, -0.15) is 0 Å². The fourth-order valence-electron chi connectivity index (χ4n) is 1.95. The number of esters is 1. The van der Waals surface area contributed by atoms with Crippen LogP contribution in [0.25, 0.3) is 0 Å². The van der Waals surface area contributed by atoms with Gasteiger partial charge < -0.3 is 14.8 Å². The van der Waals surface area contributed by atoms with E-state index in [1.807, 2.05) is 5.32 Å². The van der Waals surface area contributed by atoms with Crippen LogP contribution in [0.4, 0.5) is 18.9 Å². The summed E-state index contributed by atoms with van der Waals surface area (Å²) < 4.78 is 50.0. The summed E-state index contributed by atoms with van der Waals surface area (Å²) in [5, 5.41) is 2.52. The Morgan fingerprint density at radius 1 is 0.963 bits per heavy atom. The smallest absolute Gasteiger partial charge is 0.347 e. The topological polar surface area (TPSA) is 64.6 Å². The van der Waals surface area contributed by atoms with Gasteiger partial charge in [0.15, 0.2) is 29.7 Å². The van der Waals surface area contributed by atoms with Crippen molar-refractivity contribution in [3.63, 3.8) is 0 Å². The molecular formula is C18H15ClF3NO4. The fraction of sp³-hybridized carbons (Fsp3) is 0.222. The van der Waals surface area contributed by atoms with Gasteiger partial charge in [-0.3, -0.25) is 4.79 Å². The minimum atomic E-state index is -1.72. The van der Waals surface area contributed by atoms with Crippen LogP contribution in [0, 0.1) is 17.5 Å². The van der Waals surface area contributed by atoms with Crippen LogP contribution in [0.5, 0.6) is 5.75 Å². The number of ether oxygens (including phenoxy) is 2. The Labute approximate surface area is 158 Å². The maximum absolute atomic E-state index is 13.6. The van der Waals surface area contributed by atoms with E-state index in [1.165, 1.54) is 13.8 Å². The Morgan fingerprint density at radius 2 is 1.59 bits per heavy atom. The highest BCUT2D eigenvalue weighted by molar-refractivity contribution is 6.30. The Bertz CT molecular complexity index is 845. The maximum Gasteiger partial charge on any atom is 0.347 e. The molecule has 0 aliphatic heterocycles. The predicted molar refractivity (Wildman–Crippen MR) is 92.0 cm³/mol. The quantitative estimate of drug-likeness (QED) is 0.585. The van der Waals surface area contributed by atoms with E-state index < -0.39 is 47.2 Å². The normalized spacial score (nSPS) is 12.8. The van der Waals surface area contributed by atoms with Crippen LogP contribution in [0.15, 0.2) is 36.4 Å². The number of carbonyl (C=O) groups excluding carboxylic acids is 2. The highest BCUT2D eigenvalue weighted by Crippen LogP contribution is 2.20. The molecule has 0 aliphatic carbocycles. The predicted octanol–water partition coefficient (Wildman–Crippen LogP) is 4.10. The molecular weight excluding hydrogens is 387 g/mol. The molecule has 0 saturated carbocycles. The molecule has 5 nitrogen and oxygen atoms in total. The second-order valence-electron chi connectivity index (χ2n) is 5.51. The van der Waals surface area contributed by atoms with Crippen molar-refractivity contribution in [3.8, 4) is 5.75 Å². The molecule has 0 radical (unpaired) electrons. The van der Waals surface area contributed by atoms with E-state index in [-0.39, 0.29) is 0 Å². The van der Waals surface area contributed by atoms with Gasteiger partial charge in [0.25, 0.3) is 5.91 Å². The van der Waals surface area contributed by atoms with Crippen LogP contribution in [-0.4, -0.2) is 24.1 Å². The SMILES string of the molecule is C[C@@H](OC(=O)[C@@H](C)Oc1ccc(Cl)cc1)C(=O)Nc1ccc(F)c(F)c1F. The largest absolute Gasteiger partial charge is 0.479 e. The molecule has 9 heteroatoms. The van der Waals surface area contributed by atoms with Crippen LogP contribution >= 0.6 is 11.6 Å². The molecule has 2 aromatic carbocycles. The summed E-state index contributed by atoms with van der Waals surface area (Å²) in [5.74, 6) is -6.07. The van der Waals surface area contributed by atoms with Crippen LogP contribution in [0.1, 0.15) is 13.8 Å². The summed E-state index contributed by atoms with van der Waals surface area (Å²) in [4.78, 5) is 24.0. The number of carbonyl (C=O) groups is 2. The summed E-state index contributed by atoms with van der Waals surface area (Å²) >= 11 is 5.75. The molecule has 0 fully saturated rings. The summed E-state index contributed by atoms with van der Waals surface area (Å²) in [6.07, 6.45) is -2.37. The molecule has 0 spiro atoms. The summed E-state index contributed by atoms with van der Waals surface area (Å²) in [7, 11) is 0. The summed E-state index contributed by atoms with van der Waals surface area (Å²) in [6, 6.07) is 7.75. The van der Waals surface area contributed by atoms with E-state index in [0.29, 0.717) is 16.8 Å². The Morgan fingerprint density at radius 3 is 2.22 bits per heavy atom. The van der Waals surface area contributed by atoms with Gasteiger partial charge in [-0.15, -0.1) is 0 Å². The van der Waals surface area contributed by atoms with Gasteiger partial charge >= 0.3 is 5.97 Å². The van der Waals surface area contributed by atoms with Crippen LogP contribution in [-0.2, 0) is 14.3 Å². The maximum atomic E-state index is 13.6. The van der Waals surface area contributed by atoms with E-state index in [9.17, 15) is 22.8 Å². The molecule has 144 valence electrons. The number of hydrogen-bond acceptors (Lipinski definition) is 4. The second kappa shape index (κ2) is 8.77. The lowest BCUT2D eigenvalue weighted by Crippen LogP contribution is -2.35. The number of benzene rings is 2. The summed E-state index contributed by atoms with van der Waals surface area (Å²) in [6.45, 7) is 2.65. The minimum absolute atomic E-state index is 0.366. The first-order valence-corrected chi connectivity index (χ1v) is 8.14. The third-order valence-corrected chi connectivity index (χ3v) is 3.67. The lowest BCUT2D eigenvalue weighted by Gasteiger charge is -2.18. The van der Waals surface area contributed by atoms with Gasteiger partial charge in [0.1, 0.15) is 5.75 Å². The number of nitrogens with one attached hydrogen (secondary N) is 1. The van der Waals surface area contributed by atoms with Crippen molar-refractivity contribution in [1.82, 2.24) is 0 Å². The monoisotopic (exact) mass is 401 g/mol. The van der Waals surface area contributed by atoms with Gasteiger partial charge in [0, 0.05) is 5.02 Å². The van der Waals surface area contributed by atoms with E-state index in [0.717, 1.165) is 6.07 Å². The first-order chi connectivity index (χ1) is 12.7. The van der Waals surface area contributed by atoms with Crippen molar-refractivity contribution in [1.29, 1.82) is 0 Å². The highest BCUT2D eigenvalue weighted by atomic mass is 35.5. The number of hydrogen-bond donors (Lipinski definition) is 1. The zero-order valence-corrected chi connectivity index (χ0v) is 15.0. The number of rotatable bonds is 6. The number of amides is 1. The van der Waals surface area contributed by atoms with Gasteiger partial charge in [0.05, 0.1) is 5.69 Å². The Kier molecular flexibility index (Phi) is 6.68. The van der Waals surface area contributed by atoms with E-state index >= 15 is 0 Å².